The largest absolute Gasteiger partial charge is 0.481 e. The Bertz CT molecular complexity index is 389. The fourth-order valence-corrected chi connectivity index (χ4v) is 3.01. The van der Waals surface area contributed by atoms with Gasteiger partial charge in [0.15, 0.2) is 0 Å². The molecule has 0 amide bonds. The maximum Gasteiger partial charge on any atom is 0.321 e. The van der Waals surface area contributed by atoms with Crippen LogP contribution in [0.4, 0.5) is 0 Å². The molecule has 0 aliphatic heterocycles. The number of aliphatic carboxylic acids is 1. The van der Waals surface area contributed by atoms with Crippen LogP contribution < -0.4 is 0 Å². The van der Waals surface area contributed by atoms with Crippen molar-refractivity contribution in [2.75, 3.05) is 19.4 Å². The van der Waals surface area contributed by atoms with Gasteiger partial charge in [0.1, 0.15) is 6.54 Å². The molecule has 7 nitrogen and oxygen atoms in total. The summed E-state index contributed by atoms with van der Waals surface area (Å²) in [4.78, 5) is 21.5. The molecule has 8 heteroatoms. The number of sulfonamides is 1. The third kappa shape index (κ3) is 5.97. The standard InChI is InChI=1S/C10H19NO6S/c1-8(2)11(7-10(14)17-3)18(15,16)6-4-5-9(12)13/h8H,4-7H2,1-3H3,(H,12,13). The lowest BCUT2D eigenvalue weighted by Gasteiger charge is -2.24. The van der Waals surface area contributed by atoms with Gasteiger partial charge in [-0.15, -0.1) is 0 Å². The van der Waals surface area contributed by atoms with Crippen LogP contribution >= 0.6 is 0 Å². The molecule has 0 atom stereocenters. The van der Waals surface area contributed by atoms with Crippen molar-refractivity contribution >= 4 is 22.0 Å². The van der Waals surface area contributed by atoms with E-state index in [1.54, 1.807) is 13.8 Å². The third-order valence-corrected chi connectivity index (χ3v) is 4.31. The molecule has 0 spiro atoms. The molecule has 0 fully saturated rings. The van der Waals surface area contributed by atoms with Crippen LogP contribution in [-0.2, 0) is 24.3 Å². The number of carbonyl (C=O) groups is 2. The zero-order chi connectivity index (χ0) is 14.3. The first-order valence-electron chi connectivity index (χ1n) is 5.49. The average molecular weight is 281 g/mol. The molecule has 0 aromatic carbocycles. The van der Waals surface area contributed by atoms with Crippen LogP contribution in [0.2, 0.25) is 0 Å². The molecule has 0 aliphatic carbocycles. The molecule has 0 saturated carbocycles. The van der Waals surface area contributed by atoms with Crippen molar-refractivity contribution in [1.82, 2.24) is 4.31 Å². The molecule has 0 rings (SSSR count). The summed E-state index contributed by atoms with van der Waals surface area (Å²) in [5, 5.41) is 8.46. The van der Waals surface area contributed by atoms with Gasteiger partial charge in [-0.3, -0.25) is 9.59 Å². The van der Waals surface area contributed by atoms with Crippen molar-refractivity contribution in [2.24, 2.45) is 0 Å². The van der Waals surface area contributed by atoms with Crippen molar-refractivity contribution in [3.63, 3.8) is 0 Å². The van der Waals surface area contributed by atoms with E-state index < -0.39 is 22.0 Å². The smallest absolute Gasteiger partial charge is 0.321 e. The van der Waals surface area contributed by atoms with E-state index in [0.717, 1.165) is 4.31 Å². The number of hydrogen-bond donors (Lipinski definition) is 1. The monoisotopic (exact) mass is 281 g/mol. The van der Waals surface area contributed by atoms with Crippen LogP contribution in [0.3, 0.4) is 0 Å². The number of esters is 1. The number of hydrogen-bond acceptors (Lipinski definition) is 5. The van der Waals surface area contributed by atoms with E-state index in [2.05, 4.69) is 4.74 Å². The summed E-state index contributed by atoms with van der Waals surface area (Å²) in [7, 11) is -2.47. The van der Waals surface area contributed by atoms with Crippen molar-refractivity contribution in [3.8, 4) is 0 Å². The Morgan fingerprint density at radius 1 is 1.33 bits per heavy atom. The van der Waals surface area contributed by atoms with Gasteiger partial charge >= 0.3 is 11.9 Å². The summed E-state index contributed by atoms with van der Waals surface area (Å²) in [6, 6.07) is -0.390. The molecule has 0 unspecified atom stereocenters. The predicted molar refractivity (Wildman–Crippen MR) is 64.5 cm³/mol. The Balaban J connectivity index is 4.67. The molecule has 0 heterocycles. The quantitative estimate of drug-likeness (QED) is 0.631. The van der Waals surface area contributed by atoms with E-state index in [1.807, 2.05) is 0 Å². The molecule has 106 valence electrons. The Kier molecular flexibility index (Phi) is 6.85. The lowest BCUT2D eigenvalue weighted by atomic mass is 10.3. The average Bonchev–Trinajstić information content (AvgIpc) is 2.23. The first-order chi connectivity index (χ1) is 8.20. The van der Waals surface area contributed by atoms with Gasteiger partial charge in [0.2, 0.25) is 10.0 Å². The van der Waals surface area contributed by atoms with Gasteiger partial charge in [-0.25, -0.2) is 8.42 Å². The molecule has 0 saturated heterocycles. The second kappa shape index (κ2) is 7.32. The van der Waals surface area contributed by atoms with Crippen molar-refractivity contribution in [2.45, 2.75) is 32.7 Å². The number of nitrogens with zero attached hydrogens (tertiary/aromatic N) is 1. The summed E-state index contributed by atoms with van der Waals surface area (Å²) >= 11 is 0. The highest BCUT2D eigenvalue weighted by Gasteiger charge is 2.27. The predicted octanol–water partition coefficient (Wildman–Crippen LogP) is 0.0644. The van der Waals surface area contributed by atoms with Crippen LogP contribution in [0.5, 0.6) is 0 Å². The van der Waals surface area contributed by atoms with Crippen molar-refractivity contribution in [3.05, 3.63) is 0 Å². The first kappa shape index (κ1) is 16.9. The minimum Gasteiger partial charge on any atom is -0.481 e. The van der Waals surface area contributed by atoms with Crippen molar-refractivity contribution < 1.29 is 27.9 Å². The van der Waals surface area contributed by atoms with E-state index >= 15 is 0 Å². The lowest BCUT2D eigenvalue weighted by molar-refractivity contribution is -0.141. The van der Waals surface area contributed by atoms with Crippen LogP contribution in [0.15, 0.2) is 0 Å². The zero-order valence-corrected chi connectivity index (χ0v) is 11.6. The van der Waals surface area contributed by atoms with Crippen LogP contribution in [0, 0.1) is 0 Å². The summed E-state index contributed by atoms with van der Waals surface area (Å²) in [6.07, 6.45) is -0.203. The highest BCUT2D eigenvalue weighted by molar-refractivity contribution is 7.89. The van der Waals surface area contributed by atoms with Gasteiger partial charge < -0.3 is 9.84 Å². The van der Waals surface area contributed by atoms with E-state index in [9.17, 15) is 18.0 Å². The Morgan fingerprint density at radius 3 is 2.28 bits per heavy atom. The second-order valence-corrected chi connectivity index (χ2v) is 6.07. The van der Waals surface area contributed by atoms with Crippen LogP contribution in [-0.4, -0.2) is 55.2 Å². The summed E-state index contributed by atoms with van der Waals surface area (Å²) in [6.45, 7) is 2.92. The maximum absolute atomic E-state index is 11.9. The highest BCUT2D eigenvalue weighted by Crippen LogP contribution is 2.10. The SMILES string of the molecule is COC(=O)CN(C(C)C)S(=O)(=O)CCCC(=O)O. The summed E-state index contributed by atoms with van der Waals surface area (Å²) < 4.78 is 29.3. The van der Waals surface area contributed by atoms with Gasteiger partial charge in [0.05, 0.1) is 12.9 Å². The van der Waals surface area contributed by atoms with Crippen LogP contribution in [0.1, 0.15) is 26.7 Å². The second-order valence-electron chi connectivity index (χ2n) is 4.03. The maximum atomic E-state index is 11.9. The highest BCUT2D eigenvalue weighted by atomic mass is 32.2. The molecule has 0 aliphatic rings. The fourth-order valence-electron chi connectivity index (χ4n) is 1.32. The molecule has 1 N–H and O–H groups in total. The summed E-state index contributed by atoms with van der Waals surface area (Å²) in [5.74, 6) is -1.99. The summed E-state index contributed by atoms with van der Waals surface area (Å²) in [5.41, 5.74) is 0. The number of methoxy groups -OCH3 is 1. The van der Waals surface area contributed by atoms with E-state index in [4.69, 9.17) is 5.11 Å². The van der Waals surface area contributed by atoms with Crippen molar-refractivity contribution in [1.29, 1.82) is 0 Å². The Labute approximate surface area is 107 Å². The van der Waals surface area contributed by atoms with Gasteiger partial charge in [0, 0.05) is 12.5 Å². The number of carbonyl (C=O) groups excluding carboxylic acids is 1. The number of rotatable bonds is 8. The van der Waals surface area contributed by atoms with E-state index in [-0.39, 0.29) is 31.2 Å². The molecular weight excluding hydrogens is 262 g/mol. The Hall–Kier alpha value is -1.15. The zero-order valence-electron chi connectivity index (χ0n) is 10.7. The molecular formula is C10H19NO6S. The van der Waals surface area contributed by atoms with Gasteiger partial charge in [-0.05, 0) is 20.3 Å². The van der Waals surface area contributed by atoms with E-state index in [1.165, 1.54) is 7.11 Å². The number of carboxylic acid groups (broad SMARTS) is 1. The molecule has 0 radical (unpaired) electrons. The van der Waals surface area contributed by atoms with Gasteiger partial charge in [-0.2, -0.15) is 4.31 Å². The number of carboxylic acids is 1. The molecule has 0 aromatic rings. The topological polar surface area (TPSA) is 101 Å². The fraction of sp³-hybridized carbons (Fsp3) is 0.800. The third-order valence-electron chi connectivity index (χ3n) is 2.24. The Morgan fingerprint density at radius 2 is 1.89 bits per heavy atom. The number of ether oxygens (including phenoxy) is 1. The normalized spacial score (nSPS) is 11.8. The lowest BCUT2D eigenvalue weighted by Crippen LogP contribution is -2.42. The minimum atomic E-state index is -3.65. The molecule has 18 heavy (non-hydrogen) atoms. The molecule has 0 bridgehead atoms. The van der Waals surface area contributed by atoms with Gasteiger partial charge in [0.25, 0.3) is 0 Å². The van der Waals surface area contributed by atoms with Crippen LogP contribution in [0.25, 0.3) is 0 Å². The van der Waals surface area contributed by atoms with E-state index in [0.29, 0.717) is 0 Å². The van der Waals surface area contributed by atoms with Gasteiger partial charge in [-0.1, -0.05) is 0 Å². The molecule has 0 aromatic heterocycles. The first-order valence-corrected chi connectivity index (χ1v) is 7.09. The minimum absolute atomic E-state index is 0.0159.